The van der Waals surface area contributed by atoms with Gasteiger partial charge in [0.15, 0.2) is 6.61 Å². The number of hydrogen-bond donors (Lipinski definition) is 1. The van der Waals surface area contributed by atoms with Crippen LogP contribution in [0.3, 0.4) is 0 Å². The van der Waals surface area contributed by atoms with Crippen LogP contribution in [0.4, 0.5) is 5.69 Å². The number of nitrogens with one attached hydrogen (secondary N) is 1. The maximum atomic E-state index is 11.7. The predicted molar refractivity (Wildman–Crippen MR) is 79.2 cm³/mol. The summed E-state index contributed by atoms with van der Waals surface area (Å²) in [6.07, 6.45) is 4.99. The number of amides is 1. The minimum absolute atomic E-state index is 0.239. The standard InChI is InChI=1S/C16H21NO4/c1-20-14-8-6-13(7-9-14)17-15(18)11-21-16(19)10-12-4-2-3-5-12/h6-9,12H,2-5,10-11H2,1H3,(H,17,18). The normalized spacial score (nSPS) is 14.7. The molecule has 0 heterocycles. The van der Waals surface area contributed by atoms with Gasteiger partial charge < -0.3 is 14.8 Å². The van der Waals surface area contributed by atoms with Crippen LogP contribution >= 0.6 is 0 Å². The summed E-state index contributed by atoms with van der Waals surface area (Å²) in [6.45, 7) is -0.239. The molecule has 1 aliphatic rings. The van der Waals surface area contributed by atoms with Gasteiger partial charge in [-0.25, -0.2) is 0 Å². The molecule has 5 heteroatoms. The van der Waals surface area contributed by atoms with E-state index in [1.807, 2.05) is 0 Å². The molecule has 1 aromatic rings. The fraction of sp³-hybridized carbons (Fsp3) is 0.500. The fourth-order valence-corrected chi connectivity index (χ4v) is 2.53. The van der Waals surface area contributed by atoms with Gasteiger partial charge in [-0.2, -0.15) is 0 Å². The largest absolute Gasteiger partial charge is 0.497 e. The highest BCUT2D eigenvalue weighted by Gasteiger charge is 2.19. The number of ether oxygens (including phenoxy) is 2. The minimum Gasteiger partial charge on any atom is -0.497 e. The van der Waals surface area contributed by atoms with Crippen LogP contribution in [-0.4, -0.2) is 25.6 Å². The molecule has 1 aromatic carbocycles. The highest BCUT2D eigenvalue weighted by Crippen LogP contribution is 2.27. The van der Waals surface area contributed by atoms with Gasteiger partial charge >= 0.3 is 5.97 Å². The monoisotopic (exact) mass is 291 g/mol. The summed E-state index contributed by atoms with van der Waals surface area (Å²) in [5, 5.41) is 2.67. The van der Waals surface area contributed by atoms with Crippen molar-refractivity contribution < 1.29 is 19.1 Å². The van der Waals surface area contributed by atoms with E-state index < -0.39 is 0 Å². The molecule has 1 fully saturated rings. The van der Waals surface area contributed by atoms with Crippen molar-refractivity contribution in [3.63, 3.8) is 0 Å². The number of rotatable bonds is 6. The lowest BCUT2D eigenvalue weighted by molar-refractivity contribution is -0.148. The molecule has 21 heavy (non-hydrogen) atoms. The second-order valence-corrected chi connectivity index (χ2v) is 5.29. The lowest BCUT2D eigenvalue weighted by Gasteiger charge is -2.09. The molecule has 1 N–H and O–H groups in total. The molecule has 114 valence electrons. The summed E-state index contributed by atoms with van der Waals surface area (Å²) in [7, 11) is 1.58. The van der Waals surface area contributed by atoms with Crippen molar-refractivity contribution in [2.75, 3.05) is 19.0 Å². The SMILES string of the molecule is COc1ccc(NC(=O)COC(=O)CC2CCCC2)cc1. The number of anilines is 1. The minimum atomic E-state index is -0.333. The van der Waals surface area contributed by atoms with Crippen molar-refractivity contribution in [3.05, 3.63) is 24.3 Å². The lowest BCUT2D eigenvalue weighted by atomic mass is 10.1. The molecule has 0 aromatic heterocycles. The number of esters is 1. The predicted octanol–water partition coefficient (Wildman–Crippen LogP) is 2.76. The first kappa shape index (κ1) is 15.4. The third-order valence-corrected chi connectivity index (χ3v) is 3.67. The Balaban J connectivity index is 1.69. The average molecular weight is 291 g/mol. The first-order valence-corrected chi connectivity index (χ1v) is 7.27. The Bertz CT molecular complexity index is 478. The third kappa shape index (κ3) is 5.10. The first-order valence-electron chi connectivity index (χ1n) is 7.27. The van der Waals surface area contributed by atoms with Crippen LogP contribution in [0.5, 0.6) is 5.75 Å². The zero-order valence-electron chi connectivity index (χ0n) is 12.3. The van der Waals surface area contributed by atoms with Gasteiger partial charge in [-0.3, -0.25) is 9.59 Å². The molecule has 0 radical (unpaired) electrons. The van der Waals surface area contributed by atoms with Crippen molar-refractivity contribution in [3.8, 4) is 5.75 Å². The van der Waals surface area contributed by atoms with E-state index >= 15 is 0 Å². The molecule has 0 atom stereocenters. The number of methoxy groups -OCH3 is 1. The number of benzene rings is 1. The van der Waals surface area contributed by atoms with E-state index in [1.165, 1.54) is 12.8 Å². The Kier molecular flexibility index (Phi) is 5.60. The Morgan fingerprint density at radius 2 is 1.86 bits per heavy atom. The van der Waals surface area contributed by atoms with Crippen molar-refractivity contribution in [2.24, 2.45) is 5.92 Å². The zero-order valence-corrected chi connectivity index (χ0v) is 12.3. The Labute approximate surface area is 124 Å². The van der Waals surface area contributed by atoms with Crippen molar-refractivity contribution in [2.45, 2.75) is 32.1 Å². The quantitative estimate of drug-likeness (QED) is 0.818. The second kappa shape index (κ2) is 7.67. The van der Waals surface area contributed by atoms with E-state index in [4.69, 9.17) is 9.47 Å². The molecule has 0 spiro atoms. The van der Waals surface area contributed by atoms with E-state index in [0.29, 0.717) is 18.0 Å². The molecule has 1 saturated carbocycles. The molecular weight excluding hydrogens is 270 g/mol. The molecule has 0 unspecified atom stereocenters. The molecule has 5 nitrogen and oxygen atoms in total. The smallest absolute Gasteiger partial charge is 0.306 e. The van der Waals surface area contributed by atoms with Gasteiger partial charge in [-0.1, -0.05) is 12.8 Å². The third-order valence-electron chi connectivity index (χ3n) is 3.67. The molecular formula is C16H21NO4. The summed E-state index contributed by atoms with van der Waals surface area (Å²) in [5.74, 6) is 0.532. The highest BCUT2D eigenvalue weighted by molar-refractivity contribution is 5.92. The average Bonchev–Trinajstić information content (AvgIpc) is 2.99. The Morgan fingerprint density at radius 3 is 2.48 bits per heavy atom. The molecule has 1 aliphatic carbocycles. The van der Waals surface area contributed by atoms with Crippen LogP contribution in [0.1, 0.15) is 32.1 Å². The van der Waals surface area contributed by atoms with Crippen LogP contribution in [0.15, 0.2) is 24.3 Å². The zero-order chi connectivity index (χ0) is 15.1. The van der Waals surface area contributed by atoms with E-state index in [9.17, 15) is 9.59 Å². The van der Waals surface area contributed by atoms with E-state index in [0.717, 1.165) is 18.6 Å². The topological polar surface area (TPSA) is 64.6 Å². The molecule has 0 bridgehead atoms. The molecule has 0 aliphatic heterocycles. The van der Waals surface area contributed by atoms with Crippen molar-refractivity contribution in [1.29, 1.82) is 0 Å². The van der Waals surface area contributed by atoms with Gasteiger partial charge in [0.25, 0.3) is 5.91 Å². The number of carbonyl (C=O) groups is 2. The van der Waals surface area contributed by atoms with Crippen LogP contribution in [0.2, 0.25) is 0 Å². The van der Waals surface area contributed by atoms with Crippen LogP contribution < -0.4 is 10.1 Å². The summed E-state index contributed by atoms with van der Waals surface area (Å²) in [4.78, 5) is 23.3. The maximum absolute atomic E-state index is 11.7. The van der Waals surface area contributed by atoms with Gasteiger partial charge in [0.2, 0.25) is 0 Å². The lowest BCUT2D eigenvalue weighted by Crippen LogP contribution is -2.21. The highest BCUT2D eigenvalue weighted by atomic mass is 16.5. The van der Waals surface area contributed by atoms with Gasteiger partial charge in [0, 0.05) is 12.1 Å². The summed E-state index contributed by atoms with van der Waals surface area (Å²) in [5.41, 5.74) is 0.646. The van der Waals surface area contributed by atoms with Crippen LogP contribution in [-0.2, 0) is 14.3 Å². The second-order valence-electron chi connectivity index (χ2n) is 5.29. The van der Waals surface area contributed by atoms with Gasteiger partial charge in [0.1, 0.15) is 5.75 Å². The number of carbonyl (C=O) groups excluding carboxylic acids is 2. The molecule has 1 amide bonds. The Morgan fingerprint density at radius 1 is 1.19 bits per heavy atom. The fourth-order valence-electron chi connectivity index (χ4n) is 2.53. The van der Waals surface area contributed by atoms with Gasteiger partial charge in [-0.05, 0) is 43.0 Å². The van der Waals surface area contributed by atoms with E-state index in [2.05, 4.69) is 5.32 Å². The van der Waals surface area contributed by atoms with E-state index in [-0.39, 0.29) is 18.5 Å². The summed E-state index contributed by atoms with van der Waals surface area (Å²) >= 11 is 0. The van der Waals surface area contributed by atoms with E-state index in [1.54, 1.807) is 31.4 Å². The molecule has 2 rings (SSSR count). The van der Waals surface area contributed by atoms with Crippen LogP contribution in [0.25, 0.3) is 0 Å². The van der Waals surface area contributed by atoms with Crippen LogP contribution in [0, 0.1) is 5.92 Å². The van der Waals surface area contributed by atoms with Gasteiger partial charge in [0.05, 0.1) is 7.11 Å². The van der Waals surface area contributed by atoms with Gasteiger partial charge in [-0.15, -0.1) is 0 Å². The van der Waals surface area contributed by atoms with Crippen molar-refractivity contribution >= 4 is 17.6 Å². The summed E-state index contributed by atoms with van der Waals surface area (Å²) in [6, 6.07) is 6.97. The summed E-state index contributed by atoms with van der Waals surface area (Å²) < 4.78 is 10.0. The Hall–Kier alpha value is -2.04. The molecule has 0 saturated heterocycles. The maximum Gasteiger partial charge on any atom is 0.306 e. The first-order chi connectivity index (χ1) is 10.2. The van der Waals surface area contributed by atoms with Crippen molar-refractivity contribution in [1.82, 2.24) is 0 Å². The number of hydrogen-bond acceptors (Lipinski definition) is 4.